The average molecular weight is 256 g/mol. The molecule has 2 saturated heterocycles. The van der Waals surface area contributed by atoms with Crippen LogP contribution in [0.3, 0.4) is 0 Å². The molecule has 2 aliphatic heterocycles. The maximum absolute atomic E-state index is 5.95. The van der Waals surface area contributed by atoms with Crippen LogP contribution in [0.1, 0.15) is 26.7 Å². The second-order valence-corrected chi connectivity index (χ2v) is 5.49. The van der Waals surface area contributed by atoms with E-state index >= 15 is 0 Å². The van der Waals surface area contributed by atoms with Crippen molar-refractivity contribution in [3.05, 3.63) is 0 Å². The predicted molar refractivity (Wildman–Crippen MR) is 73.0 cm³/mol. The summed E-state index contributed by atoms with van der Waals surface area (Å²) in [6.07, 6.45) is 2.33. The first-order chi connectivity index (χ1) is 8.78. The Labute approximate surface area is 111 Å². The van der Waals surface area contributed by atoms with Crippen molar-refractivity contribution in [3.63, 3.8) is 0 Å². The van der Waals surface area contributed by atoms with Gasteiger partial charge in [0.2, 0.25) is 0 Å². The molecule has 1 atom stereocenters. The number of nitrogens with zero attached hydrogens (tertiary/aromatic N) is 2. The van der Waals surface area contributed by atoms with Gasteiger partial charge < -0.3 is 14.4 Å². The zero-order valence-corrected chi connectivity index (χ0v) is 12.0. The smallest absolute Gasteiger partial charge is 0.106 e. The highest BCUT2D eigenvalue weighted by molar-refractivity contribution is 4.91. The van der Waals surface area contributed by atoms with E-state index in [4.69, 9.17) is 9.47 Å². The number of morpholine rings is 1. The molecule has 2 rings (SSSR count). The van der Waals surface area contributed by atoms with Crippen LogP contribution in [0.5, 0.6) is 0 Å². The van der Waals surface area contributed by atoms with Crippen LogP contribution in [0.25, 0.3) is 0 Å². The molecule has 4 heteroatoms. The number of rotatable bonds is 6. The second kappa shape index (κ2) is 6.85. The van der Waals surface area contributed by atoms with Gasteiger partial charge in [-0.15, -0.1) is 0 Å². The van der Waals surface area contributed by atoms with E-state index in [2.05, 4.69) is 23.6 Å². The lowest BCUT2D eigenvalue weighted by Gasteiger charge is -2.39. The van der Waals surface area contributed by atoms with Crippen molar-refractivity contribution in [1.82, 2.24) is 9.80 Å². The first kappa shape index (κ1) is 14.3. The van der Waals surface area contributed by atoms with Gasteiger partial charge >= 0.3 is 0 Å². The van der Waals surface area contributed by atoms with E-state index < -0.39 is 0 Å². The topological polar surface area (TPSA) is 24.9 Å². The molecule has 0 aromatic carbocycles. The molecule has 0 bridgehead atoms. The van der Waals surface area contributed by atoms with E-state index in [-0.39, 0.29) is 5.60 Å². The summed E-state index contributed by atoms with van der Waals surface area (Å²) < 4.78 is 11.5. The molecule has 0 aromatic rings. The van der Waals surface area contributed by atoms with Gasteiger partial charge in [-0.1, -0.05) is 13.8 Å². The first-order valence-electron chi connectivity index (χ1n) is 7.44. The van der Waals surface area contributed by atoms with E-state index in [1.807, 2.05) is 0 Å². The van der Waals surface area contributed by atoms with Gasteiger partial charge in [0.15, 0.2) is 0 Å². The number of hydrogen-bond acceptors (Lipinski definition) is 4. The fourth-order valence-corrected chi connectivity index (χ4v) is 3.00. The summed E-state index contributed by atoms with van der Waals surface area (Å²) in [6, 6.07) is 0. The van der Waals surface area contributed by atoms with E-state index in [9.17, 15) is 0 Å². The van der Waals surface area contributed by atoms with Crippen LogP contribution in [-0.4, -0.2) is 74.5 Å². The minimum absolute atomic E-state index is 0.0213. The van der Waals surface area contributed by atoms with Gasteiger partial charge in [-0.05, 0) is 32.6 Å². The minimum Gasteiger partial charge on any atom is -0.378 e. The van der Waals surface area contributed by atoms with Gasteiger partial charge in [-0.3, -0.25) is 4.90 Å². The molecule has 0 amide bonds. The number of ether oxygens (including phenoxy) is 2. The molecular weight excluding hydrogens is 228 g/mol. The monoisotopic (exact) mass is 256 g/mol. The summed E-state index contributed by atoms with van der Waals surface area (Å²) in [4.78, 5) is 5.05. The van der Waals surface area contributed by atoms with Crippen LogP contribution in [0.4, 0.5) is 0 Å². The summed E-state index contributed by atoms with van der Waals surface area (Å²) in [5.74, 6) is 0. The van der Waals surface area contributed by atoms with Gasteiger partial charge in [0.05, 0.1) is 13.2 Å². The Morgan fingerprint density at radius 2 is 2.06 bits per heavy atom. The van der Waals surface area contributed by atoms with Gasteiger partial charge in [-0.25, -0.2) is 0 Å². The maximum Gasteiger partial charge on any atom is 0.106 e. The van der Waals surface area contributed by atoms with Crippen LogP contribution >= 0.6 is 0 Å². The van der Waals surface area contributed by atoms with E-state index in [0.29, 0.717) is 0 Å². The molecule has 18 heavy (non-hydrogen) atoms. The second-order valence-electron chi connectivity index (χ2n) is 5.49. The highest BCUT2D eigenvalue weighted by Crippen LogP contribution is 2.27. The van der Waals surface area contributed by atoms with Crippen LogP contribution in [0.2, 0.25) is 0 Å². The molecule has 2 heterocycles. The molecule has 2 aliphatic rings. The lowest BCUT2D eigenvalue weighted by molar-refractivity contribution is -0.109. The van der Waals surface area contributed by atoms with Crippen molar-refractivity contribution < 1.29 is 9.47 Å². The van der Waals surface area contributed by atoms with Gasteiger partial charge in [0.1, 0.15) is 5.60 Å². The van der Waals surface area contributed by atoms with Crippen molar-refractivity contribution in [2.24, 2.45) is 0 Å². The minimum atomic E-state index is 0.0213. The fraction of sp³-hybridized carbons (Fsp3) is 1.00. The Morgan fingerprint density at radius 3 is 2.72 bits per heavy atom. The molecule has 0 N–H and O–H groups in total. The largest absolute Gasteiger partial charge is 0.378 e. The van der Waals surface area contributed by atoms with E-state index in [0.717, 1.165) is 52.4 Å². The zero-order chi connectivity index (χ0) is 12.8. The molecule has 4 nitrogen and oxygen atoms in total. The predicted octanol–water partition coefficient (Wildman–Crippen LogP) is 1.21. The van der Waals surface area contributed by atoms with Crippen LogP contribution in [0.15, 0.2) is 0 Å². The number of hydrogen-bond donors (Lipinski definition) is 0. The third kappa shape index (κ3) is 3.67. The summed E-state index contributed by atoms with van der Waals surface area (Å²) in [6.45, 7) is 13.9. The molecule has 2 fully saturated rings. The molecule has 0 aliphatic carbocycles. The fourth-order valence-electron chi connectivity index (χ4n) is 3.00. The van der Waals surface area contributed by atoms with E-state index in [1.54, 1.807) is 0 Å². The third-order valence-corrected chi connectivity index (χ3v) is 4.24. The van der Waals surface area contributed by atoms with Crippen molar-refractivity contribution >= 4 is 0 Å². The lowest BCUT2D eigenvalue weighted by atomic mass is 10.0. The zero-order valence-electron chi connectivity index (χ0n) is 12.0. The van der Waals surface area contributed by atoms with Crippen LogP contribution in [-0.2, 0) is 9.47 Å². The Hall–Kier alpha value is -0.160. The highest BCUT2D eigenvalue weighted by atomic mass is 16.6. The quantitative estimate of drug-likeness (QED) is 0.713. The summed E-state index contributed by atoms with van der Waals surface area (Å²) in [5.41, 5.74) is 0.0213. The van der Waals surface area contributed by atoms with Gasteiger partial charge in [0.25, 0.3) is 0 Å². The average Bonchev–Trinajstić information content (AvgIpc) is 2.83. The lowest BCUT2D eigenvalue weighted by Crippen LogP contribution is -2.52. The van der Waals surface area contributed by atoms with Crippen molar-refractivity contribution in [2.45, 2.75) is 32.3 Å². The molecule has 1 unspecified atom stereocenters. The molecule has 0 aromatic heterocycles. The molecule has 0 saturated carbocycles. The molecule has 0 radical (unpaired) electrons. The Kier molecular flexibility index (Phi) is 5.42. The van der Waals surface area contributed by atoms with Gasteiger partial charge in [0, 0.05) is 26.1 Å². The molecular formula is C14H28N2O2. The van der Waals surface area contributed by atoms with Crippen molar-refractivity contribution in [1.29, 1.82) is 0 Å². The first-order valence-corrected chi connectivity index (χ1v) is 7.44. The van der Waals surface area contributed by atoms with Crippen LogP contribution in [0, 0.1) is 0 Å². The standard InChI is InChI=1S/C14H28N2O2/c1-3-15(4-2)7-5-8-16-9-11-18-14(12-16)6-10-17-13-14/h3-13H2,1-2H3. The van der Waals surface area contributed by atoms with Crippen LogP contribution < -0.4 is 0 Å². The molecule has 1 spiro atoms. The van der Waals surface area contributed by atoms with Crippen molar-refractivity contribution in [2.75, 3.05) is 59.1 Å². The SMILES string of the molecule is CCN(CC)CCCN1CCOC2(CCOC2)C1. The normalized spacial score (nSPS) is 29.5. The Bertz CT molecular complexity index is 238. The summed E-state index contributed by atoms with van der Waals surface area (Å²) >= 11 is 0. The Morgan fingerprint density at radius 1 is 1.22 bits per heavy atom. The van der Waals surface area contributed by atoms with Crippen molar-refractivity contribution in [3.8, 4) is 0 Å². The Balaban J connectivity index is 1.69. The van der Waals surface area contributed by atoms with E-state index in [1.165, 1.54) is 19.5 Å². The molecule has 106 valence electrons. The third-order valence-electron chi connectivity index (χ3n) is 4.24. The maximum atomic E-state index is 5.95. The summed E-state index contributed by atoms with van der Waals surface area (Å²) in [5, 5.41) is 0. The van der Waals surface area contributed by atoms with Gasteiger partial charge in [-0.2, -0.15) is 0 Å². The highest BCUT2D eigenvalue weighted by Gasteiger charge is 2.40. The summed E-state index contributed by atoms with van der Waals surface area (Å²) in [7, 11) is 0.